The molecule has 1 aromatic rings. The zero-order valence-electron chi connectivity index (χ0n) is 17.8. The average molecular weight is 505 g/mol. The van der Waals surface area contributed by atoms with Crippen molar-refractivity contribution in [1.29, 1.82) is 5.26 Å². The fraction of sp³-hybridized carbons (Fsp3) is 0.450. The van der Waals surface area contributed by atoms with Gasteiger partial charge in [0, 0.05) is 18.3 Å². The van der Waals surface area contributed by atoms with Crippen LogP contribution in [0.25, 0.3) is 0 Å². The summed E-state index contributed by atoms with van der Waals surface area (Å²) in [4.78, 5) is 15.2. The fourth-order valence-electron chi connectivity index (χ4n) is 3.43. The lowest BCUT2D eigenvalue weighted by atomic mass is 9.82. The summed E-state index contributed by atoms with van der Waals surface area (Å²) in [6.07, 6.45) is 0.0274. The lowest BCUT2D eigenvalue weighted by Gasteiger charge is -2.33. The number of nitrogens with two attached hydrogens (primary N) is 2. The van der Waals surface area contributed by atoms with Crippen molar-refractivity contribution < 1.29 is 30.8 Å². The van der Waals surface area contributed by atoms with Gasteiger partial charge in [-0.15, -0.1) is 0 Å². The van der Waals surface area contributed by atoms with Crippen molar-refractivity contribution in [2.45, 2.75) is 48.4 Å². The molecule has 2 rings (SSSR count). The van der Waals surface area contributed by atoms with Crippen LogP contribution in [0.2, 0.25) is 0 Å². The summed E-state index contributed by atoms with van der Waals surface area (Å²) in [5, 5.41) is 15.1. The van der Waals surface area contributed by atoms with E-state index in [1.54, 1.807) is 0 Å². The Morgan fingerprint density at radius 2 is 1.85 bits per heavy atom. The van der Waals surface area contributed by atoms with Crippen molar-refractivity contribution in [2.24, 2.45) is 22.4 Å². The summed E-state index contributed by atoms with van der Waals surface area (Å²) in [6.45, 7) is -0.464. The molecule has 6 N–H and O–H groups in total. The first-order valence-corrected chi connectivity index (χ1v) is 11.6. The van der Waals surface area contributed by atoms with Gasteiger partial charge in [-0.3, -0.25) is 4.79 Å². The minimum atomic E-state index is -4.77. The minimum Gasteiger partial charge on any atom is -0.386 e. The third kappa shape index (κ3) is 7.16. The van der Waals surface area contributed by atoms with Crippen molar-refractivity contribution in [1.82, 2.24) is 10.6 Å². The van der Waals surface area contributed by atoms with E-state index in [-0.39, 0.29) is 23.1 Å². The van der Waals surface area contributed by atoms with Gasteiger partial charge in [-0.25, -0.2) is 22.2 Å². The molecule has 0 radical (unpaired) electrons. The maximum atomic E-state index is 12.6. The highest BCUT2D eigenvalue weighted by atomic mass is 32.2. The zero-order chi connectivity index (χ0) is 25.5. The van der Waals surface area contributed by atoms with Crippen molar-refractivity contribution in [3.8, 4) is 6.07 Å². The van der Waals surface area contributed by atoms with Gasteiger partial charge in [-0.2, -0.15) is 14.0 Å². The van der Waals surface area contributed by atoms with E-state index in [1.165, 1.54) is 6.20 Å². The largest absolute Gasteiger partial charge is 0.386 e. The van der Waals surface area contributed by atoms with Crippen LogP contribution in [0.1, 0.15) is 19.3 Å². The summed E-state index contributed by atoms with van der Waals surface area (Å²) in [5.41, 5.74) is 11.1. The third-order valence-electron chi connectivity index (χ3n) is 5.21. The number of halogens is 4. The number of carbonyl (C=O) groups excluding carboxylic acids is 1. The molecule has 0 spiro atoms. The molecule has 0 saturated heterocycles. The van der Waals surface area contributed by atoms with E-state index in [2.05, 4.69) is 21.7 Å². The number of primary amides is 1. The number of hydrogen-bond donors (Lipinski definition) is 4. The monoisotopic (exact) mass is 504 g/mol. The van der Waals surface area contributed by atoms with Gasteiger partial charge in [0.2, 0.25) is 9.84 Å². The highest BCUT2D eigenvalue weighted by Gasteiger charge is 2.30. The first kappa shape index (κ1) is 27.1. The van der Waals surface area contributed by atoms with Gasteiger partial charge >= 0.3 is 5.76 Å². The average Bonchev–Trinajstić information content (AvgIpc) is 2.78. The maximum Gasteiger partial charge on any atom is 0.341 e. The van der Waals surface area contributed by atoms with Crippen LogP contribution in [0.5, 0.6) is 0 Å². The number of carbonyl (C=O) groups is 1. The zero-order valence-corrected chi connectivity index (χ0v) is 18.6. The van der Waals surface area contributed by atoms with Crippen molar-refractivity contribution >= 4 is 27.3 Å². The van der Waals surface area contributed by atoms with Gasteiger partial charge in [-0.1, -0.05) is 0 Å². The van der Waals surface area contributed by atoms with Crippen LogP contribution in [-0.4, -0.2) is 51.0 Å². The van der Waals surface area contributed by atoms with Crippen LogP contribution in [-0.2, 0) is 14.6 Å². The molecule has 3 atom stereocenters. The maximum absolute atomic E-state index is 12.6. The number of rotatable bonds is 10. The third-order valence-corrected chi connectivity index (χ3v) is 6.61. The molecule has 1 unspecified atom stereocenters. The number of amidine groups is 1. The molecule has 0 heterocycles. The highest BCUT2D eigenvalue weighted by Crippen LogP contribution is 2.25. The first-order valence-electron chi connectivity index (χ1n) is 10.1. The van der Waals surface area contributed by atoms with Crippen molar-refractivity contribution in [3.05, 3.63) is 36.0 Å². The predicted octanol–water partition coefficient (Wildman–Crippen LogP) is 1.55. The van der Waals surface area contributed by atoms with Crippen LogP contribution >= 0.6 is 0 Å². The number of benzene rings is 1. The Balaban J connectivity index is 2.13. The minimum absolute atomic E-state index is 0.0818. The Kier molecular flexibility index (Phi) is 9.39. The van der Waals surface area contributed by atoms with Gasteiger partial charge in [0.05, 0.1) is 34.7 Å². The molecule has 1 amide bonds. The van der Waals surface area contributed by atoms with Crippen molar-refractivity contribution in [2.75, 3.05) is 6.54 Å². The standard InChI is InChI=1S/C20H24F4N6O3S/c21-17(22)10-28-13-3-6-16(11(7-13)8-25)29-9-15(19(27)31)18(26)30-12-1-4-14(5-2-12)34(32,33)20(23)24/h1-2,4-5,9,11,13,16-17,20,28-29H,3,6-7,10H2,(H2,26,30)(H2,27,31)/b15-9+/t11-,13?,16+/m1/s1. The quantitative estimate of drug-likeness (QED) is 0.162. The molecule has 1 fully saturated rings. The van der Waals surface area contributed by atoms with Crippen LogP contribution in [0.15, 0.2) is 45.9 Å². The second kappa shape index (κ2) is 11.8. The van der Waals surface area contributed by atoms with Gasteiger partial charge in [0.1, 0.15) is 5.84 Å². The number of amides is 1. The predicted molar refractivity (Wildman–Crippen MR) is 116 cm³/mol. The second-order valence-electron chi connectivity index (χ2n) is 7.54. The molecule has 0 aliphatic heterocycles. The molecule has 1 aliphatic carbocycles. The molecule has 34 heavy (non-hydrogen) atoms. The van der Waals surface area contributed by atoms with E-state index in [4.69, 9.17) is 11.5 Å². The number of nitrogens with zero attached hydrogens (tertiary/aromatic N) is 2. The molecule has 14 heteroatoms. The fourth-order valence-corrected chi connectivity index (χ4v) is 4.15. The Morgan fingerprint density at radius 1 is 1.21 bits per heavy atom. The molecule has 0 aromatic heterocycles. The van der Waals surface area contributed by atoms with E-state index >= 15 is 0 Å². The van der Waals surface area contributed by atoms with Crippen LogP contribution in [0, 0.1) is 17.2 Å². The van der Waals surface area contributed by atoms with Gasteiger partial charge in [0.25, 0.3) is 12.3 Å². The normalized spacial score (nSPS) is 22.0. The molecule has 186 valence electrons. The SMILES string of the molecule is N#C[C@H]1CC(NCC(F)F)CC[C@@H]1N/C=C(/C(N)=O)C(N)=Nc1ccc(S(=O)(=O)C(F)F)cc1. The molecule has 9 nitrogen and oxygen atoms in total. The summed E-state index contributed by atoms with van der Waals surface area (Å²) in [5.74, 6) is -5.37. The van der Waals surface area contributed by atoms with Gasteiger partial charge < -0.3 is 22.1 Å². The molecule has 1 aromatic carbocycles. The summed E-state index contributed by atoms with van der Waals surface area (Å²) in [6, 6.07) is 5.61. The summed E-state index contributed by atoms with van der Waals surface area (Å²) < 4.78 is 73.0. The number of nitriles is 1. The van der Waals surface area contributed by atoms with Crippen LogP contribution in [0.4, 0.5) is 23.2 Å². The van der Waals surface area contributed by atoms with Gasteiger partial charge in [-0.05, 0) is 43.5 Å². The lowest BCUT2D eigenvalue weighted by Crippen LogP contribution is -2.45. The molecule has 0 bridgehead atoms. The Bertz CT molecular complexity index is 1070. The molecule has 1 aliphatic rings. The number of nitrogens with one attached hydrogen (secondary N) is 2. The topological polar surface area (TPSA) is 163 Å². The molecule has 1 saturated carbocycles. The number of hydrogen-bond acceptors (Lipinski definition) is 7. The lowest BCUT2D eigenvalue weighted by molar-refractivity contribution is -0.114. The molecular weight excluding hydrogens is 480 g/mol. The highest BCUT2D eigenvalue weighted by molar-refractivity contribution is 7.91. The van der Waals surface area contributed by atoms with E-state index in [1.807, 2.05) is 0 Å². The summed E-state index contributed by atoms with van der Waals surface area (Å²) >= 11 is 0. The van der Waals surface area contributed by atoms with Crippen LogP contribution in [0.3, 0.4) is 0 Å². The number of sulfone groups is 1. The first-order chi connectivity index (χ1) is 15.9. The van der Waals surface area contributed by atoms with E-state index in [0.717, 1.165) is 24.3 Å². The Labute approximate surface area is 193 Å². The Morgan fingerprint density at radius 3 is 2.38 bits per heavy atom. The Hall–Kier alpha value is -3.18. The second-order valence-corrected chi connectivity index (χ2v) is 9.45. The number of alkyl halides is 4. The smallest absolute Gasteiger partial charge is 0.341 e. The van der Waals surface area contributed by atoms with E-state index in [0.29, 0.717) is 19.3 Å². The van der Waals surface area contributed by atoms with Crippen molar-refractivity contribution in [3.63, 3.8) is 0 Å². The summed E-state index contributed by atoms with van der Waals surface area (Å²) in [7, 11) is -4.77. The molecular formula is C20H24F4N6O3S. The van der Waals surface area contributed by atoms with Gasteiger partial charge in [0.15, 0.2) is 0 Å². The number of aliphatic imine (C=N–C) groups is 1. The van der Waals surface area contributed by atoms with Crippen LogP contribution < -0.4 is 22.1 Å². The van der Waals surface area contributed by atoms with E-state index in [9.17, 15) is 36.0 Å². The van der Waals surface area contributed by atoms with E-state index < -0.39 is 51.3 Å².